The lowest BCUT2D eigenvalue weighted by molar-refractivity contribution is -0.120. The summed E-state index contributed by atoms with van der Waals surface area (Å²) in [6.07, 6.45) is 0. The molecule has 2 aromatic carbocycles. The molecule has 0 fully saturated rings. The first-order chi connectivity index (χ1) is 12.4. The fraction of sp³-hybridized carbons (Fsp3) is 0.333. The van der Waals surface area contributed by atoms with Gasteiger partial charge in [0.1, 0.15) is 5.75 Å². The van der Waals surface area contributed by atoms with E-state index in [0.717, 1.165) is 11.3 Å². The Hall–Kier alpha value is -2.66. The summed E-state index contributed by atoms with van der Waals surface area (Å²) >= 11 is 0. The Labute approximate surface area is 155 Å². The molecule has 5 nitrogen and oxygen atoms in total. The topological polar surface area (TPSA) is 58.6 Å². The molecule has 0 spiro atoms. The van der Waals surface area contributed by atoms with Crippen LogP contribution in [0, 0.1) is 0 Å². The first kappa shape index (κ1) is 19.7. The van der Waals surface area contributed by atoms with Crippen molar-refractivity contribution in [2.24, 2.45) is 0 Å². The Bertz CT molecular complexity index is 739. The standard InChI is InChI=1S/C21H26N2O3/c1-5-26-20-12-6-17(7-13-20)14-23(4)15(2)21(25)22-19-10-8-18(9-11-19)16(3)24/h6-13,15H,5,14H2,1-4H3,(H,22,25)/t15-/m1/s1. The number of hydrogen-bond donors (Lipinski definition) is 1. The maximum atomic E-state index is 12.5. The van der Waals surface area contributed by atoms with Crippen LogP contribution in [0.25, 0.3) is 0 Å². The maximum absolute atomic E-state index is 12.5. The Morgan fingerprint density at radius 3 is 2.23 bits per heavy atom. The molecule has 26 heavy (non-hydrogen) atoms. The number of ketones is 1. The number of Topliss-reactive ketones (excluding diaryl/α,β-unsaturated/α-hetero) is 1. The number of carbonyl (C=O) groups excluding carboxylic acids is 2. The molecule has 5 heteroatoms. The zero-order chi connectivity index (χ0) is 19.1. The summed E-state index contributed by atoms with van der Waals surface area (Å²) in [6.45, 7) is 6.64. The molecule has 1 amide bonds. The molecule has 0 saturated carbocycles. The smallest absolute Gasteiger partial charge is 0.241 e. The highest BCUT2D eigenvalue weighted by Gasteiger charge is 2.18. The van der Waals surface area contributed by atoms with E-state index in [9.17, 15) is 9.59 Å². The molecular weight excluding hydrogens is 328 g/mol. The van der Waals surface area contributed by atoms with Gasteiger partial charge in [-0.1, -0.05) is 12.1 Å². The summed E-state index contributed by atoms with van der Waals surface area (Å²) in [6, 6.07) is 14.5. The highest BCUT2D eigenvalue weighted by Crippen LogP contribution is 2.15. The third-order valence-corrected chi connectivity index (χ3v) is 4.27. The molecule has 0 aliphatic heterocycles. The zero-order valence-electron chi connectivity index (χ0n) is 15.8. The van der Waals surface area contributed by atoms with Gasteiger partial charge in [-0.3, -0.25) is 14.5 Å². The van der Waals surface area contributed by atoms with E-state index in [4.69, 9.17) is 4.74 Å². The van der Waals surface area contributed by atoms with Gasteiger partial charge in [-0.2, -0.15) is 0 Å². The average Bonchev–Trinajstić information content (AvgIpc) is 2.63. The number of hydrogen-bond acceptors (Lipinski definition) is 4. The highest BCUT2D eigenvalue weighted by molar-refractivity contribution is 5.96. The van der Waals surface area contributed by atoms with Gasteiger partial charge in [0.2, 0.25) is 5.91 Å². The number of nitrogens with one attached hydrogen (secondary N) is 1. The quantitative estimate of drug-likeness (QED) is 0.734. The number of rotatable bonds is 8. The molecule has 0 radical (unpaired) electrons. The molecule has 0 aromatic heterocycles. The molecule has 1 atom stereocenters. The summed E-state index contributed by atoms with van der Waals surface area (Å²) in [5.41, 5.74) is 2.42. The van der Waals surface area contributed by atoms with Crippen molar-refractivity contribution in [2.75, 3.05) is 19.0 Å². The lowest BCUT2D eigenvalue weighted by atomic mass is 10.1. The summed E-state index contributed by atoms with van der Waals surface area (Å²) in [7, 11) is 1.92. The number of benzene rings is 2. The fourth-order valence-electron chi connectivity index (χ4n) is 2.52. The van der Waals surface area contributed by atoms with Crippen LogP contribution in [0.2, 0.25) is 0 Å². The molecule has 0 heterocycles. The minimum Gasteiger partial charge on any atom is -0.494 e. The van der Waals surface area contributed by atoms with E-state index in [1.54, 1.807) is 24.3 Å². The number of anilines is 1. The van der Waals surface area contributed by atoms with Crippen molar-refractivity contribution in [1.29, 1.82) is 0 Å². The van der Waals surface area contributed by atoms with E-state index >= 15 is 0 Å². The van der Waals surface area contributed by atoms with Crippen molar-refractivity contribution in [2.45, 2.75) is 33.4 Å². The van der Waals surface area contributed by atoms with Crippen LogP contribution in [0.1, 0.15) is 36.7 Å². The van der Waals surface area contributed by atoms with Gasteiger partial charge >= 0.3 is 0 Å². The molecular formula is C21H26N2O3. The Balaban J connectivity index is 1.92. The van der Waals surface area contributed by atoms with E-state index in [1.165, 1.54) is 6.92 Å². The van der Waals surface area contributed by atoms with E-state index in [2.05, 4.69) is 5.32 Å². The van der Waals surface area contributed by atoms with Crippen molar-refractivity contribution >= 4 is 17.4 Å². The van der Waals surface area contributed by atoms with E-state index in [-0.39, 0.29) is 17.7 Å². The lowest BCUT2D eigenvalue weighted by Crippen LogP contribution is -2.39. The van der Waals surface area contributed by atoms with Crippen molar-refractivity contribution in [3.05, 3.63) is 59.7 Å². The van der Waals surface area contributed by atoms with Gasteiger partial charge in [0.05, 0.1) is 12.6 Å². The molecule has 0 saturated heterocycles. The molecule has 1 N–H and O–H groups in total. The predicted molar refractivity (Wildman–Crippen MR) is 104 cm³/mol. The van der Waals surface area contributed by atoms with E-state index < -0.39 is 0 Å². The average molecular weight is 354 g/mol. The molecule has 2 rings (SSSR count). The van der Waals surface area contributed by atoms with Crippen molar-refractivity contribution in [3.8, 4) is 5.75 Å². The summed E-state index contributed by atoms with van der Waals surface area (Å²) in [5.74, 6) is 0.763. The number of amides is 1. The molecule has 0 aliphatic carbocycles. The molecule has 138 valence electrons. The van der Waals surface area contributed by atoms with E-state index in [1.807, 2.05) is 50.1 Å². The minimum absolute atomic E-state index is 0.00586. The van der Waals surface area contributed by atoms with Crippen molar-refractivity contribution < 1.29 is 14.3 Å². The molecule has 0 bridgehead atoms. The van der Waals surface area contributed by atoms with Crippen LogP contribution in [-0.2, 0) is 11.3 Å². The molecule has 0 aliphatic rings. The second-order valence-electron chi connectivity index (χ2n) is 6.29. The monoisotopic (exact) mass is 354 g/mol. The van der Waals surface area contributed by atoms with Crippen LogP contribution in [0.15, 0.2) is 48.5 Å². The largest absolute Gasteiger partial charge is 0.494 e. The van der Waals surface area contributed by atoms with Gasteiger partial charge in [-0.15, -0.1) is 0 Å². The molecule has 0 unspecified atom stereocenters. The lowest BCUT2D eigenvalue weighted by Gasteiger charge is -2.24. The van der Waals surface area contributed by atoms with Gasteiger partial charge in [0.25, 0.3) is 0 Å². The number of ether oxygens (including phenoxy) is 1. The third kappa shape index (κ3) is 5.43. The highest BCUT2D eigenvalue weighted by atomic mass is 16.5. The van der Waals surface area contributed by atoms with Gasteiger partial charge in [0.15, 0.2) is 5.78 Å². The van der Waals surface area contributed by atoms with Gasteiger partial charge in [-0.05, 0) is 69.8 Å². The van der Waals surface area contributed by atoms with Crippen LogP contribution in [0.4, 0.5) is 5.69 Å². The number of nitrogens with zero attached hydrogens (tertiary/aromatic N) is 1. The number of carbonyl (C=O) groups is 2. The third-order valence-electron chi connectivity index (χ3n) is 4.27. The Morgan fingerprint density at radius 1 is 1.08 bits per heavy atom. The predicted octanol–water partition coefficient (Wildman–Crippen LogP) is 3.75. The minimum atomic E-state index is -0.297. The van der Waals surface area contributed by atoms with Crippen molar-refractivity contribution in [3.63, 3.8) is 0 Å². The van der Waals surface area contributed by atoms with E-state index in [0.29, 0.717) is 24.4 Å². The van der Waals surface area contributed by atoms with Crippen LogP contribution in [0.3, 0.4) is 0 Å². The van der Waals surface area contributed by atoms with Gasteiger partial charge in [-0.25, -0.2) is 0 Å². The van der Waals surface area contributed by atoms with Crippen LogP contribution >= 0.6 is 0 Å². The second-order valence-corrected chi connectivity index (χ2v) is 6.29. The fourth-order valence-corrected chi connectivity index (χ4v) is 2.52. The van der Waals surface area contributed by atoms with Crippen LogP contribution in [0.5, 0.6) is 5.75 Å². The summed E-state index contributed by atoms with van der Waals surface area (Å²) < 4.78 is 5.44. The summed E-state index contributed by atoms with van der Waals surface area (Å²) in [5, 5.41) is 2.89. The SMILES string of the molecule is CCOc1ccc(CN(C)[C@H](C)C(=O)Nc2ccc(C(C)=O)cc2)cc1. The van der Waals surface area contributed by atoms with Crippen molar-refractivity contribution in [1.82, 2.24) is 4.90 Å². The second kappa shape index (κ2) is 9.15. The summed E-state index contributed by atoms with van der Waals surface area (Å²) in [4.78, 5) is 25.7. The number of likely N-dealkylation sites (N-methyl/N-ethyl adjacent to an activating group) is 1. The first-order valence-electron chi connectivity index (χ1n) is 8.74. The van der Waals surface area contributed by atoms with Gasteiger partial charge < -0.3 is 10.1 Å². The normalized spacial score (nSPS) is 11.9. The Kier molecular flexibility index (Phi) is 6.92. The van der Waals surface area contributed by atoms with Gasteiger partial charge in [0, 0.05) is 17.8 Å². The maximum Gasteiger partial charge on any atom is 0.241 e. The molecule has 2 aromatic rings. The van der Waals surface area contributed by atoms with Crippen LogP contribution in [-0.4, -0.2) is 36.3 Å². The first-order valence-corrected chi connectivity index (χ1v) is 8.74. The van der Waals surface area contributed by atoms with Crippen LogP contribution < -0.4 is 10.1 Å². The Morgan fingerprint density at radius 2 is 1.69 bits per heavy atom. The zero-order valence-corrected chi connectivity index (χ0v) is 15.8.